The van der Waals surface area contributed by atoms with Crippen LogP contribution < -0.4 is 11.1 Å². The number of nitrogens with zero attached hydrogens (tertiary/aromatic N) is 4. The minimum absolute atomic E-state index is 0.140. The molecule has 3 N–H and O–H groups in total. The largest absolute Gasteiger partial charge is 0.463 e. The smallest absolute Gasteiger partial charge is 0.302 e. The van der Waals surface area contributed by atoms with Gasteiger partial charge in [0.2, 0.25) is 5.95 Å². The summed E-state index contributed by atoms with van der Waals surface area (Å²) in [6.45, 7) is 3.72. The molecule has 0 saturated carbocycles. The minimum Gasteiger partial charge on any atom is -0.463 e. The lowest BCUT2D eigenvalue weighted by atomic mass is 10.1. The molecular weight excluding hydrogens is 300 g/mol. The number of esters is 1. The summed E-state index contributed by atoms with van der Waals surface area (Å²) in [5.41, 5.74) is 7.03. The fourth-order valence-electron chi connectivity index (χ4n) is 2.87. The third-order valence-electron chi connectivity index (χ3n) is 3.88. The van der Waals surface area contributed by atoms with Crippen LogP contribution in [-0.2, 0) is 14.3 Å². The third-order valence-corrected chi connectivity index (χ3v) is 3.88. The van der Waals surface area contributed by atoms with E-state index in [9.17, 15) is 4.79 Å². The normalized spacial score (nSPS) is 24.0. The molecule has 124 valence electrons. The maximum atomic E-state index is 10.9. The summed E-state index contributed by atoms with van der Waals surface area (Å²) in [5.74, 6) is 0.665. The zero-order valence-corrected chi connectivity index (χ0v) is 13.3. The van der Waals surface area contributed by atoms with Gasteiger partial charge in [-0.1, -0.05) is 6.92 Å². The molecule has 2 aromatic heterocycles. The maximum Gasteiger partial charge on any atom is 0.302 e. The third kappa shape index (κ3) is 2.91. The molecule has 0 amide bonds. The standard InChI is InChI=1S/C14H20N6O3/c1-7-4-9(5-22-8(2)21)23-13(7)20-6-17-10-11(16-3)18-14(15)19-12(10)20/h6-7,9,13H,4-5H2,1-3H3,(H3,15,16,18,19)/t7-,9-,13+/m0/s1. The van der Waals surface area contributed by atoms with Gasteiger partial charge in [0.05, 0.1) is 12.4 Å². The number of carbonyl (C=O) groups excluding carboxylic acids is 1. The predicted octanol–water partition coefficient (Wildman–Crippen LogP) is 0.937. The Morgan fingerprint density at radius 3 is 3.04 bits per heavy atom. The van der Waals surface area contributed by atoms with E-state index in [1.54, 1.807) is 13.4 Å². The fraction of sp³-hybridized carbons (Fsp3) is 0.571. The van der Waals surface area contributed by atoms with Gasteiger partial charge in [0.25, 0.3) is 0 Å². The van der Waals surface area contributed by atoms with Crippen LogP contribution in [0.5, 0.6) is 0 Å². The number of carbonyl (C=O) groups is 1. The Morgan fingerprint density at radius 2 is 2.35 bits per heavy atom. The van der Waals surface area contributed by atoms with Crippen molar-refractivity contribution in [1.82, 2.24) is 19.5 Å². The van der Waals surface area contributed by atoms with Crippen LogP contribution in [0, 0.1) is 5.92 Å². The second-order valence-electron chi connectivity index (χ2n) is 5.67. The van der Waals surface area contributed by atoms with Crippen LogP contribution in [-0.4, -0.2) is 45.2 Å². The molecule has 0 unspecified atom stereocenters. The maximum absolute atomic E-state index is 10.9. The van der Waals surface area contributed by atoms with Crippen LogP contribution >= 0.6 is 0 Å². The molecule has 9 nitrogen and oxygen atoms in total. The minimum atomic E-state index is -0.308. The number of hydrogen-bond donors (Lipinski definition) is 2. The van der Waals surface area contributed by atoms with E-state index in [4.69, 9.17) is 15.2 Å². The van der Waals surface area contributed by atoms with Crippen LogP contribution in [0.3, 0.4) is 0 Å². The van der Waals surface area contributed by atoms with E-state index in [-0.39, 0.29) is 36.8 Å². The van der Waals surface area contributed by atoms with Crippen LogP contribution in [0.4, 0.5) is 11.8 Å². The van der Waals surface area contributed by atoms with E-state index in [0.29, 0.717) is 17.0 Å². The van der Waals surface area contributed by atoms with E-state index < -0.39 is 0 Å². The highest BCUT2D eigenvalue weighted by molar-refractivity contribution is 5.84. The summed E-state index contributed by atoms with van der Waals surface area (Å²) in [7, 11) is 1.75. The SMILES string of the molecule is CNc1nc(N)nc2c1ncn2[C@@H]1O[C@H](COC(C)=O)C[C@@H]1C. The van der Waals surface area contributed by atoms with Gasteiger partial charge in [0.15, 0.2) is 17.0 Å². The first-order valence-corrected chi connectivity index (χ1v) is 7.46. The summed E-state index contributed by atoms with van der Waals surface area (Å²) in [6.07, 6.45) is 2.09. The average Bonchev–Trinajstić information content (AvgIpc) is 3.07. The molecule has 1 aliphatic rings. The number of rotatable bonds is 4. The Balaban J connectivity index is 1.88. The second-order valence-corrected chi connectivity index (χ2v) is 5.67. The quantitative estimate of drug-likeness (QED) is 0.799. The summed E-state index contributed by atoms with van der Waals surface area (Å²) in [5, 5.41) is 2.96. The Hall–Kier alpha value is -2.42. The van der Waals surface area contributed by atoms with Crippen molar-refractivity contribution in [2.75, 3.05) is 24.7 Å². The number of anilines is 2. The van der Waals surface area contributed by atoms with Crippen molar-refractivity contribution in [2.24, 2.45) is 5.92 Å². The summed E-state index contributed by atoms with van der Waals surface area (Å²) >= 11 is 0. The fourth-order valence-corrected chi connectivity index (χ4v) is 2.87. The van der Waals surface area contributed by atoms with Gasteiger partial charge in [-0.25, -0.2) is 4.98 Å². The van der Waals surface area contributed by atoms with Crippen LogP contribution in [0.15, 0.2) is 6.33 Å². The number of aromatic nitrogens is 4. The Kier molecular flexibility index (Phi) is 4.03. The van der Waals surface area contributed by atoms with Crippen LogP contribution in [0.2, 0.25) is 0 Å². The van der Waals surface area contributed by atoms with Crippen molar-refractivity contribution in [3.05, 3.63) is 6.33 Å². The summed E-state index contributed by atoms with van der Waals surface area (Å²) < 4.78 is 12.9. The molecule has 1 fully saturated rings. The first kappa shape index (κ1) is 15.5. The molecule has 0 radical (unpaired) electrons. The first-order valence-electron chi connectivity index (χ1n) is 7.46. The molecule has 1 saturated heterocycles. The molecule has 3 heterocycles. The van der Waals surface area contributed by atoms with E-state index in [0.717, 1.165) is 6.42 Å². The Morgan fingerprint density at radius 1 is 1.57 bits per heavy atom. The van der Waals surface area contributed by atoms with Crippen molar-refractivity contribution in [3.8, 4) is 0 Å². The number of fused-ring (bicyclic) bond motifs is 1. The summed E-state index contributed by atoms with van der Waals surface area (Å²) in [6, 6.07) is 0. The number of nitrogens with one attached hydrogen (secondary N) is 1. The highest BCUT2D eigenvalue weighted by Crippen LogP contribution is 2.36. The number of imidazole rings is 1. The van der Waals surface area contributed by atoms with Gasteiger partial charge >= 0.3 is 5.97 Å². The molecule has 0 aliphatic carbocycles. The van der Waals surface area contributed by atoms with Gasteiger partial charge in [-0.05, 0) is 6.42 Å². The van der Waals surface area contributed by atoms with E-state index in [1.165, 1.54) is 6.92 Å². The lowest BCUT2D eigenvalue weighted by molar-refractivity contribution is -0.145. The van der Waals surface area contributed by atoms with Crippen molar-refractivity contribution < 1.29 is 14.3 Å². The van der Waals surface area contributed by atoms with Gasteiger partial charge in [-0.15, -0.1) is 0 Å². The first-order chi connectivity index (χ1) is 11.0. The molecule has 3 rings (SSSR count). The van der Waals surface area contributed by atoms with Crippen molar-refractivity contribution in [1.29, 1.82) is 0 Å². The molecule has 9 heteroatoms. The Labute approximate surface area is 133 Å². The van der Waals surface area contributed by atoms with Crippen LogP contribution in [0.25, 0.3) is 11.2 Å². The van der Waals surface area contributed by atoms with Gasteiger partial charge < -0.3 is 20.5 Å². The van der Waals surface area contributed by atoms with E-state index >= 15 is 0 Å². The number of nitrogens with two attached hydrogens (primary N) is 1. The molecular formula is C14H20N6O3. The van der Waals surface area contributed by atoms with Gasteiger partial charge in [-0.3, -0.25) is 9.36 Å². The zero-order valence-electron chi connectivity index (χ0n) is 13.3. The van der Waals surface area contributed by atoms with Crippen molar-refractivity contribution in [3.63, 3.8) is 0 Å². The molecule has 2 aromatic rings. The lowest BCUT2D eigenvalue weighted by Crippen LogP contribution is -2.18. The van der Waals surface area contributed by atoms with Gasteiger partial charge in [0.1, 0.15) is 12.8 Å². The number of nitrogen functional groups attached to an aromatic ring is 1. The zero-order chi connectivity index (χ0) is 16.6. The van der Waals surface area contributed by atoms with Crippen LogP contribution in [0.1, 0.15) is 26.5 Å². The van der Waals surface area contributed by atoms with Gasteiger partial charge in [-0.2, -0.15) is 9.97 Å². The summed E-state index contributed by atoms with van der Waals surface area (Å²) in [4.78, 5) is 23.7. The van der Waals surface area contributed by atoms with E-state index in [1.807, 2.05) is 4.57 Å². The Bertz CT molecular complexity index is 731. The average molecular weight is 320 g/mol. The monoisotopic (exact) mass is 320 g/mol. The van der Waals surface area contributed by atoms with Crippen molar-refractivity contribution >= 4 is 28.9 Å². The number of ether oxygens (including phenoxy) is 2. The molecule has 0 aromatic carbocycles. The predicted molar refractivity (Wildman–Crippen MR) is 83.6 cm³/mol. The van der Waals surface area contributed by atoms with Crippen molar-refractivity contribution in [2.45, 2.75) is 32.6 Å². The van der Waals surface area contributed by atoms with E-state index in [2.05, 4.69) is 27.2 Å². The van der Waals surface area contributed by atoms with Gasteiger partial charge in [0, 0.05) is 19.9 Å². The molecule has 23 heavy (non-hydrogen) atoms. The number of hydrogen-bond acceptors (Lipinski definition) is 8. The molecule has 3 atom stereocenters. The molecule has 0 spiro atoms. The lowest BCUT2D eigenvalue weighted by Gasteiger charge is -2.17. The highest BCUT2D eigenvalue weighted by atomic mass is 16.6. The molecule has 1 aliphatic heterocycles. The molecule has 0 bridgehead atoms. The second kappa shape index (κ2) is 5.99. The highest BCUT2D eigenvalue weighted by Gasteiger charge is 2.35. The topological polar surface area (TPSA) is 117 Å².